The molecule has 2 N–H and O–H groups in total. The molecule has 13 heavy (non-hydrogen) atoms. The molecule has 0 bridgehead atoms. The first kappa shape index (κ1) is 10.0. The summed E-state index contributed by atoms with van der Waals surface area (Å²) in [5.41, 5.74) is 0. The smallest absolute Gasteiger partial charge is 0.240 e. The highest BCUT2D eigenvalue weighted by molar-refractivity contribution is 6.28. The first-order valence-electron chi connectivity index (χ1n) is 3.78. The second-order valence-electron chi connectivity index (χ2n) is 2.40. The topological polar surface area (TPSA) is 67.2 Å². The number of nitrogens with one attached hydrogen (secondary N) is 1. The molecule has 0 aliphatic rings. The zero-order valence-corrected chi connectivity index (χ0v) is 7.66. The maximum absolute atomic E-state index is 11.1. The predicted molar refractivity (Wildman–Crippen MR) is 47.3 cm³/mol. The van der Waals surface area contributed by atoms with Gasteiger partial charge in [-0.3, -0.25) is 4.79 Å². The lowest BCUT2D eigenvalue weighted by Crippen LogP contribution is -2.29. The van der Waals surface area contributed by atoms with Gasteiger partial charge >= 0.3 is 0 Å². The van der Waals surface area contributed by atoms with Gasteiger partial charge in [0.05, 0.1) is 6.61 Å². The van der Waals surface area contributed by atoms with Crippen LogP contribution in [0.3, 0.4) is 0 Å². The van der Waals surface area contributed by atoms with E-state index in [1.165, 1.54) is 10.8 Å². The van der Waals surface area contributed by atoms with Crippen molar-refractivity contribution >= 4 is 17.5 Å². The van der Waals surface area contributed by atoms with Crippen molar-refractivity contribution in [1.29, 1.82) is 0 Å². The van der Waals surface area contributed by atoms with Gasteiger partial charge in [0, 0.05) is 18.9 Å². The minimum absolute atomic E-state index is 0.0661. The highest BCUT2D eigenvalue weighted by atomic mass is 35.5. The van der Waals surface area contributed by atoms with Crippen LogP contribution in [0.1, 0.15) is 0 Å². The first-order chi connectivity index (χ1) is 6.24. The summed E-state index contributed by atoms with van der Waals surface area (Å²) >= 11 is 5.64. The van der Waals surface area contributed by atoms with E-state index in [1.54, 1.807) is 6.20 Å². The Balaban J connectivity index is 2.41. The van der Waals surface area contributed by atoms with Crippen LogP contribution in [0.25, 0.3) is 0 Å². The number of rotatable bonds is 4. The lowest BCUT2D eigenvalue weighted by Gasteiger charge is -2.04. The number of carbonyl (C=O) groups is 1. The highest BCUT2D eigenvalue weighted by Gasteiger charge is 2.04. The SMILES string of the molecule is O=C(Cn1ccnc1Cl)NCCO. The van der Waals surface area contributed by atoms with Crippen LogP contribution in [0.15, 0.2) is 12.4 Å². The van der Waals surface area contributed by atoms with Crippen molar-refractivity contribution < 1.29 is 9.90 Å². The number of amides is 1. The van der Waals surface area contributed by atoms with E-state index in [1.807, 2.05) is 0 Å². The Kier molecular flexibility index (Phi) is 3.72. The standard InChI is InChI=1S/C7H10ClN3O2/c8-7-10-1-3-11(7)5-6(13)9-2-4-12/h1,3,12H,2,4-5H2,(H,9,13). The fourth-order valence-corrected chi connectivity index (χ4v) is 1.01. The van der Waals surface area contributed by atoms with Crippen molar-refractivity contribution in [2.45, 2.75) is 6.54 Å². The Labute approximate surface area is 80.3 Å². The van der Waals surface area contributed by atoms with Crippen molar-refractivity contribution in [2.24, 2.45) is 0 Å². The summed E-state index contributed by atoms with van der Waals surface area (Å²) < 4.78 is 1.51. The van der Waals surface area contributed by atoms with E-state index in [-0.39, 0.29) is 30.9 Å². The Morgan fingerprint density at radius 2 is 2.54 bits per heavy atom. The van der Waals surface area contributed by atoms with E-state index >= 15 is 0 Å². The number of aliphatic hydroxyl groups is 1. The van der Waals surface area contributed by atoms with Gasteiger partial charge in [0.2, 0.25) is 11.2 Å². The van der Waals surface area contributed by atoms with Gasteiger partial charge in [0.1, 0.15) is 6.54 Å². The summed E-state index contributed by atoms with van der Waals surface area (Å²) in [6, 6.07) is 0. The molecule has 0 aliphatic heterocycles. The monoisotopic (exact) mass is 203 g/mol. The van der Waals surface area contributed by atoms with Crippen LogP contribution in [-0.4, -0.2) is 33.7 Å². The number of aliphatic hydroxyl groups excluding tert-OH is 1. The number of imidazole rings is 1. The molecule has 1 aromatic rings. The second kappa shape index (κ2) is 4.84. The highest BCUT2D eigenvalue weighted by Crippen LogP contribution is 2.03. The molecule has 5 nitrogen and oxygen atoms in total. The Hall–Kier alpha value is -1.07. The van der Waals surface area contributed by atoms with Crippen LogP contribution in [0.2, 0.25) is 5.28 Å². The molecule has 6 heteroatoms. The van der Waals surface area contributed by atoms with Gasteiger partial charge in [-0.15, -0.1) is 0 Å². The molecule has 0 fully saturated rings. The number of hydrogen-bond acceptors (Lipinski definition) is 3. The maximum atomic E-state index is 11.1. The van der Waals surface area contributed by atoms with Crippen LogP contribution in [0.4, 0.5) is 0 Å². The molecule has 0 radical (unpaired) electrons. The van der Waals surface area contributed by atoms with Crippen molar-refractivity contribution in [3.05, 3.63) is 17.7 Å². The fraction of sp³-hybridized carbons (Fsp3) is 0.429. The number of halogens is 1. The number of hydrogen-bond donors (Lipinski definition) is 2. The molecule has 72 valence electrons. The van der Waals surface area contributed by atoms with Crippen molar-refractivity contribution in [3.63, 3.8) is 0 Å². The fourth-order valence-electron chi connectivity index (χ4n) is 0.835. The van der Waals surface area contributed by atoms with Crippen LogP contribution in [0, 0.1) is 0 Å². The second-order valence-corrected chi connectivity index (χ2v) is 2.74. The zero-order valence-electron chi connectivity index (χ0n) is 6.90. The summed E-state index contributed by atoms with van der Waals surface area (Å²) in [7, 11) is 0. The van der Waals surface area contributed by atoms with Crippen LogP contribution >= 0.6 is 11.6 Å². The van der Waals surface area contributed by atoms with Gasteiger partial charge < -0.3 is 15.0 Å². The molecule has 1 rings (SSSR count). The molecule has 0 saturated heterocycles. The van der Waals surface area contributed by atoms with Gasteiger partial charge in [-0.05, 0) is 11.6 Å². The summed E-state index contributed by atoms with van der Waals surface area (Å²) in [6.45, 7) is 0.313. The molecular weight excluding hydrogens is 194 g/mol. The minimum Gasteiger partial charge on any atom is -0.395 e. The van der Waals surface area contributed by atoms with E-state index in [0.29, 0.717) is 0 Å². The molecule has 0 atom stereocenters. The third kappa shape index (κ3) is 3.04. The molecule has 1 amide bonds. The van der Waals surface area contributed by atoms with Crippen LogP contribution in [-0.2, 0) is 11.3 Å². The van der Waals surface area contributed by atoms with E-state index in [0.717, 1.165) is 0 Å². The largest absolute Gasteiger partial charge is 0.395 e. The number of aromatic nitrogens is 2. The molecular formula is C7H10ClN3O2. The number of nitrogens with zero attached hydrogens (tertiary/aromatic N) is 2. The van der Waals surface area contributed by atoms with Gasteiger partial charge in [-0.25, -0.2) is 4.98 Å². The predicted octanol–water partition coefficient (Wildman–Crippen LogP) is -0.355. The zero-order chi connectivity index (χ0) is 9.68. The summed E-state index contributed by atoms with van der Waals surface area (Å²) in [6.07, 6.45) is 3.13. The van der Waals surface area contributed by atoms with Crippen molar-refractivity contribution in [1.82, 2.24) is 14.9 Å². The van der Waals surface area contributed by atoms with Crippen molar-refractivity contribution in [3.8, 4) is 0 Å². The molecule has 1 aromatic heterocycles. The third-order valence-corrected chi connectivity index (χ3v) is 1.73. The molecule has 0 spiro atoms. The minimum atomic E-state index is -0.200. The molecule has 0 aliphatic carbocycles. The quantitative estimate of drug-likeness (QED) is 0.703. The average Bonchev–Trinajstić information content (AvgIpc) is 2.48. The lowest BCUT2D eigenvalue weighted by atomic mass is 10.5. The van der Waals surface area contributed by atoms with E-state index in [4.69, 9.17) is 16.7 Å². The van der Waals surface area contributed by atoms with Gasteiger partial charge in [0.15, 0.2) is 0 Å². The lowest BCUT2D eigenvalue weighted by molar-refractivity contribution is -0.121. The molecule has 1 heterocycles. The Bertz CT molecular complexity index is 287. The van der Waals surface area contributed by atoms with E-state index in [2.05, 4.69) is 10.3 Å². The van der Waals surface area contributed by atoms with Crippen molar-refractivity contribution in [2.75, 3.05) is 13.2 Å². The normalized spacial score (nSPS) is 10.0. The maximum Gasteiger partial charge on any atom is 0.240 e. The molecule has 0 saturated carbocycles. The van der Waals surface area contributed by atoms with Crippen LogP contribution in [0.5, 0.6) is 0 Å². The summed E-state index contributed by atoms with van der Waals surface area (Å²) in [5.74, 6) is -0.200. The third-order valence-electron chi connectivity index (χ3n) is 1.41. The molecule has 0 aromatic carbocycles. The summed E-state index contributed by atoms with van der Waals surface area (Å²) in [4.78, 5) is 14.8. The summed E-state index contributed by atoms with van der Waals surface area (Å²) in [5, 5.41) is 11.2. The van der Waals surface area contributed by atoms with E-state index in [9.17, 15) is 4.79 Å². The number of carbonyl (C=O) groups excluding carboxylic acids is 1. The average molecular weight is 204 g/mol. The van der Waals surface area contributed by atoms with Crippen LogP contribution < -0.4 is 5.32 Å². The first-order valence-corrected chi connectivity index (χ1v) is 4.16. The molecule has 0 unspecified atom stereocenters. The van der Waals surface area contributed by atoms with E-state index < -0.39 is 0 Å². The van der Waals surface area contributed by atoms with Gasteiger partial charge in [-0.2, -0.15) is 0 Å². The Morgan fingerprint density at radius 3 is 3.08 bits per heavy atom. The van der Waals surface area contributed by atoms with Gasteiger partial charge in [-0.1, -0.05) is 0 Å². The van der Waals surface area contributed by atoms with Gasteiger partial charge in [0.25, 0.3) is 0 Å². The Morgan fingerprint density at radius 1 is 1.77 bits per heavy atom.